The van der Waals surface area contributed by atoms with E-state index in [2.05, 4.69) is 29.5 Å². The minimum atomic E-state index is -0.152. The molecule has 6 nitrogen and oxygen atoms in total. The number of benzene rings is 1. The topological polar surface area (TPSA) is 76.9 Å². The first-order valence-electron chi connectivity index (χ1n) is 9.18. The standard InChI is InChI=1S/C19H26N4O2/c1-13-7-5-10-16(14(13)2)20-18(24)11-6-12-23-19(25)15-8-3-4-9-17(15)21-22-23/h3-4,8-9,13-14,16H,5-7,10-12H2,1-2H3,(H,20,24)/t13-,14-,16+/m1/s1. The smallest absolute Gasteiger partial charge is 0.277 e. The van der Waals surface area contributed by atoms with Crippen LogP contribution in [0, 0.1) is 11.8 Å². The molecule has 25 heavy (non-hydrogen) atoms. The van der Waals surface area contributed by atoms with Crippen LogP contribution >= 0.6 is 0 Å². The summed E-state index contributed by atoms with van der Waals surface area (Å²) in [7, 11) is 0. The van der Waals surface area contributed by atoms with E-state index >= 15 is 0 Å². The number of aryl methyl sites for hydroxylation is 1. The van der Waals surface area contributed by atoms with Crippen molar-refractivity contribution in [3.8, 4) is 0 Å². The van der Waals surface area contributed by atoms with E-state index in [-0.39, 0.29) is 17.5 Å². The average Bonchev–Trinajstić information content (AvgIpc) is 2.61. The molecule has 1 heterocycles. The van der Waals surface area contributed by atoms with E-state index in [9.17, 15) is 9.59 Å². The first kappa shape index (κ1) is 17.6. The van der Waals surface area contributed by atoms with Crippen LogP contribution in [0.25, 0.3) is 10.9 Å². The van der Waals surface area contributed by atoms with Crippen molar-refractivity contribution in [2.75, 3.05) is 0 Å². The summed E-state index contributed by atoms with van der Waals surface area (Å²) in [5.41, 5.74) is 0.447. The summed E-state index contributed by atoms with van der Waals surface area (Å²) in [6, 6.07) is 7.45. The van der Waals surface area contributed by atoms with E-state index in [4.69, 9.17) is 0 Å². The molecule has 1 fully saturated rings. The second kappa shape index (κ2) is 7.76. The molecule has 0 bridgehead atoms. The average molecular weight is 342 g/mol. The zero-order chi connectivity index (χ0) is 17.8. The lowest BCUT2D eigenvalue weighted by Gasteiger charge is -2.34. The van der Waals surface area contributed by atoms with E-state index in [1.54, 1.807) is 12.1 Å². The maximum atomic E-state index is 12.4. The summed E-state index contributed by atoms with van der Waals surface area (Å²) < 4.78 is 1.35. The summed E-state index contributed by atoms with van der Waals surface area (Å²) in [5.74, 6) is 1.24. The number of aromatic nitrogens is 3. The van der Waals surface area contributed by atoms with Gasteiger partial charge in [0.15, 0.2) is 0 Å². The van der Waals surface area contributed by atoms with Crippen molar-refractivity contribution in [1.82, 2.24) is 20.3 Å². The number of carbonyl (C=O) groups is 1. The van der Waals surface area contributed by atoms with Crippen LogP contribution in [0.3, 0.4) is 0 Å². The number of carbonyl (C=O) groups excluding carboxylic acids is 1. The van der Waals surface area contributed by atoms with E-state index < -0.39 is 0 Å². The first-order chi connectivity index (χ1) is 12.1. The fourth-order valence-electron chi connectivity index (χ4n) is 3.62. The Kier molecular flexibility index (Phi) is 5.46. The minimum Gasteiger partial charge on any atom is -0.353 e. The normalized spacial score (nSPS) is 23.5. The van der Waals surface area contributed by atoms with Gasteiger partial charge in [-0.25, -0.2) is 4.68 Å². The van der Waals surface area contributed by atoms with Crippen molar-refractivity contribution in [2.45, 2.75) is 58.5 Å². The van der Waals surface area contributed by atoms with Crippen molar-refractivity contribution < 1.29 is 4.79 Å². The molecule has 0 radical (unpaired) electrons. The Bertz CT molecular complexity index is 801. The summed E-state index contributed by atoms with van der Waals surface area (Å²) >= 11 is 0. The van der Waals surface area contributed by atoms with Gasteiger partial charge in [-0.05, 0) is 36.8 Å². The number of amides is 1. The zero-order valence-corrected chi connectivity index (χ0v) is 14.9. The first-order valence-corrected chi connectivity index (χ1v) is 9.18. The van der Waals surface area contributed by atoms with Gasteiger partial charge in [0, 0.05) is 19.0 Å². The molecule has 6 heteroatoms. The van der Waals surface area contributed by atoms with Crippen LogP contribution in [-0.4, -0.2) is 26.9 Å². The fourth-order valence-corrected chi connectivity index (χ4v) is 3.62. The number of fused-ring (bicyclic) bond motifs is 1. The quantitative estimate of drug-likeness (QED) is 0.906. The molecule has 0 saturated heterocycles. The van der Waals surface area contributed by atoms with Crippen LogP contribution in [0.5, 0.6) is 0 Å². The lowest BCUT2D eigenvalue weighted by Crippen LogP contribution is -2.43. The van der Waals surface area contributed by atoms with E-state index in [1.807, 2.05) is 12.1 Å². The Balaban J connectivity index is 1.53. The molecule has 1 aliphatic carbocycles. The van der Waals surface area contributed by atoms with Crippen LogP contribution < -0.4 is 10.9 Å². The molecular formula is C19H26N4O2. The van der Waals surface area contributed by atoms with Gasteiger partial charge in [-0.15, -0.1) is 5.10 Å². The highest BCUT2D eigenvalue weighted by atomic mass is 16.1. The van der Waals surface area contributed by atoms with Gasteiger partial charge in [0.05, 0.1) is 5.39 Å². The third-order valence-corrected chi connectivity index (χ3v) is 5.46. The number of hydrogen-bond donors (Lipinski definition) is 1. The van der Waals surface area contributed by atoms with Gasteiger partial charge >= 0.3 is 0 Å². The fraction of sp³-hybridized carbons (Fsp3) is 0.579. The molecule has 0 aliphatic heterocycles. The molecule has 1 amide bonds. The minimum absolute atomic E-state index is 0.0627. The lowest BCUT2D eigenvalue weighted by molar-refractivity contribution is -0.122. The number of nitrogens with one attached hydrogen (secondary N) is 1. The number of rotatable bonds is 5. The second-order valence-electron chi connectivity index (χ2n) is 7.18. The molecule has 0 spiro atoms. The van der Waals surface area contributed by atoms with Crippen LogP contribution in [-0.2, 0) is 11.3 Å². The number of nitrogens with zero attached hydrogens (tertiary/aromatic N) is 3. The van der Waals surface area contributed by atoms with Crippen molar-refractivity contribution in [2.24, 2.45) is 11.8 Å². The monoisotopic (exact) mass is 342 g/mol. The highest BCUT2D eigenvalue weighted by Crippen LogP contribution is 2.29. The Morgan fingerprint density at radius 3 is 2.92 bits per heavy atom. The van der Waals surface area contributed by atoms with Gasteiger partial charge in [0.1, 0.15) is 5.52 Å². The van der Waals surface area contributed by atoms with Crippen molar-refractivity contribution in [1.29, 1.82) is 0 Å². The summed E-state index contributed by atoms with van der Waals surface area (Å²) in [6.07, 6.45) is 4.47. The Morgan fingerprint density at radius 2 is 2.08 bits per heavy atom. The maximum Gasteiger partial charge on any atom is 0.277 e. The van der Waals surface area contributed by atoms with Crippen LogP contribution in [0.15, 0.2) is 29.1 Å². The zero-order valence-electron chi connectivity index (χ0n) is 14.9. The van der Waals surface area contributed by atoms with Crippen LogP contribution in [0.2, 0.25) is 0 Å². The molecule has 3 rings (SSSR count). The van der Waals surface area contributed by atoms with E-state index in [1.165, 1.54) is 17.5 Å². The van der Waals surface area contributed by atoms with Crippen molar-refractivity contribution in [3.05, 3.63) is 34.6 Å². The predicted octanol–water partition coefficient (Wildman–Crippen LogP) is 2.51. The van der Waals surface area contributed by atoms with E-state index in [0.717, 1.165) is 6.42 Å². The Hall–Kier alpha value is -2.24. The summed E-state index contributed by atoms with van der Waals surface area (Å²) in [6.45, 7) is 4.88. The lowest BCUT2D eigenvalue weighted by atomic mass is 9.78. The molecule has 1 N–H and O–H groups in total. The number of hydrogen-bond acceptors (Lipinski definition) is 4. The summed E-state index contributed by atoms with van der Waals surface area (Å²) in [4.78, 5) is 24.6. The second-order valence-corrected chi connectivity index (χ2v) is 7.18. The Labute approximate surface area is 147 Å². The molecule has 3 atom stereocenters. The molecule has 1 aliphatic rings. The third kappa shape index (κ3) is 4.06. The molecule has 1 aromatic carbocycles. The van der Waals surface area contributed by atoms with Gasteiger partial charge < -0.3 is 5.32 Å². The predicted molar refractivity (Wildman–Crippen MR) is 97.1 cm³/mol. The van der Waals surface area contributed by atoms with Crippen LogP contribution in [0.4, 0.5) is 0 Å². The molecule has 0 unspecified atom stereocenters. The van der Waals surface area contributed by atoms with Gasteiger partial charge in [0.2, 0.25) is 5.91 Å². The molecule has 1 saturated carbocycles. The van der Waals surface area contributed by atoms with E-state index in [0.29, 0.717) is 42.1 Å². The van der Waals surface area contributed by atoms with Gasteiger partial charge in [-0.2, -0.15) is 0 Å². The van der Waals surface area contributed by atoms with Gasteiger partial charge in [0.25, 0.3) is 5.56 Å². The molecule has 2 aromatic rings. The molecular weight excluding hydrogens is 316 g/mol. The highest BCUT2D eigenvalue weighted by Gasteiger charge is 2.27. The molecule has 134 valence electrons. The van der Waals surface area contributed by atoms with Gasteiger partial charge in [-0.3, -0.25) is 9.59 Å². The highest BCUT2D eigenvalue weighted by molar-refractivity contribution is 5.77. The maximum absolute atomic E-state index is 12.4. The Morgan fingerprint density at radius 1 is 1.28 bits per heavy atom. The summed E-state index contributed by atoms with van der Waals surface area (Å²) in [5, 5.41) is 11.8. The largest absolute Gasteiger partial charge is 0.353 e. The van der Waals surface area contributed by atoms with Crippen LogP contribution in [0.1, 0.15) is 46.0 Å². The SMILES string of the molecule is C[C@@H]1[C@H](C)CCC[C@@H]1NC(=O)CCCn1nnc2ccccc2c1=O. The third-order valence-electron chi connectivity index (χ3n) is 5.46. The molecule has 1 aromatic heterocycles. The van der Waals surface area contributed by atoms with Crippen molar-refractivity contribution in [3.63, 3.8) is 0 Å². The van der Waals surface area contributed by atoms with Crippen molar-refractivity contribution >= 4 is 16.8 Å². The van der Waals surface area contributed by atoms with Gasteiger partial charge in [-0.1, -0.05) is 44.0 Å².